The number of methoxy groups -OCH3 is 1. The zero-order chi connectivity index (χ0) is 11.4. The van der Waals surface area contributed by atoms with Gasteiger partial charge in [-0.2, -0.15) is 0 Å². The molecular formula is C11H14O4. The molecule has 15 heavy (non-hydrogen) atoms. The summed E-state index contributed by atoms with van der Waals surface area (Å²) in [6.45, 7) is 1.66. The smallest absolute Gasteiger partial charge is 0.341 e. The van der Waals surface area contributed by atoms with Crippen LogP contribution < -0.4 is 0 Å². The number of ether oxygens (including phenoxy) is 1. The van der Waals surface area contributed by atoms with Crippen LogP contribution in [0.1, 0.15) is 22.8 Å². The van der Waals surface area contributed by atoms with E-state index in [1.165, 1.54) is 19.2 Å². The molecule has 1 rings (SSSR count). The molecule has 0 spiro atoms. The van der Waals surface area contributed by atoms with Crippen LogP contribution in [-0.2, 0) is 11.2 Å². The molecule has 0 fully saturated rings. The van der Waals surface area contributed by atoms with E-state index in [0.29, 0.717) is 6.42 Å². The van der Waals surface area contributed by atoms with Gasteiger partial charge < -0.3 is 14.9 Å². The molecule has 2 N–H and O–H groups in total. The standard InChI is InChI=1S/C11H14O4/c1-7(12)5-8-3-4-10(13)9(6-8)11(14)15-2/h3-4,6-7,12-13H,5H2,1-2H3/t7-/m0/s1. The van der Waals surface area contributed by atoms with Crippen molar-refractivity contribution in [3.05, 3.63) is 29.3 Å². The molecule has 0 radical (unpaired) electrons. The quantitative estimate of drug-likeness (QED) is 0.733. The number of esters is 1. The molecule has 0 unspecified atom stereocenters. The highest BCUT2D eigenvalue weighted by molar-refractivity contribution is 5.92. The van der Waals surface area contributed by atoms with E-state index in [2.05, 4.69) is 4.74 Å². The van der Waals surface area contributed by atoms with E-state index in [1.54, 1.807) is 13.0 Å². The van der Waals surface area contributed by atoms with Crippen molar-refractivity contribution in [2.45, 2.75) is 19.4 Å². The first-order valence-corrected chi connectivity index (χ1v) is 4.63. The lowest BCUT2D eigenvalue weighted by molar-refractivity contribution is 0.0597. The van der Waals surface area contributed by atoms with Crippen LogP contribution in [-0.4, -0.2) is 29.4 Å². The Balaban J connectivity index is 3.00. The number of hydrogen-bond donors (Lipinski definition) is 2. The number of aliphatic hydroxyl groups excluding tert-OH is 1. The molecule has 4 heteroatoms. The van der Waals surface area contributed by atoms with Crippen molar-refractivity contribution in [3.8, 4) is 5.75 Å². The van der Waals surface area contributed by atoms with Crippen LogP contribution in [0.15, 0.2) is 18.2 Å². The summed E-state index contributed by atoms with van der Waals surface area (Å²) in [5.74, 6) is -0.698. The zero-order valence-electron chi connectivity index (χ0n) is 8.73. The van der Waals surface area contributed by atoms with Gasteiger partial charge in [0.15, 0.2) is 0 Å². The normalized spacial score (nSPS) is 12.2. The predicted octanol–water partition coefficient (Wildman–Crippen LogP) is 1.10. The molecule has 0 amide bonds. The highest BCUT2D eigenvalue weighted by atomic mass is 16.5. The highest BCUT2D eigenvalue weighted by Gasteiger charge is 2.12. The molecule has 0 saturated carbocycles. The third-order valence-corrected chi connectivity index (χ3v) is 2.00. The summed E-state index contributed by atoms with van der Waals surface area (Å²) >= 11 is 0. The van der Waals surface area contributed by atoms with E-state index in [0.717, 1.165) is 5.56 Å². The molecule has 0 heterocycles. The Kier molecular flexibility index (Phi) is 3.68. The van der Waals surface area contributed by atoms with Crippen LogP contribution >= 0.6 is 0 Å². The second-order valence-electron chi connectivity index (χ2n) is 3.40. The van der Waals surface area contributed by atoms with Gasteiger partial charge in [-0.15, -0.1) is 0 Å². The lowest BCUT2D eigenvalue weighted by Crippen LogP contribution is -2.07. The van der Waals surface area contributed by atoms with E-state index < -0.39 is 12.1 Å². The van der Waals surface area contributed by atoms with E-state index >= 15 is 0 Å². The zero-order valence-corrected chi connectivity index (χ0v) is 8.73. The van der Waals surface area contributed by atoms with Gasteiger partial charge in [-0.1, -0.05) is 6.07 Å². The number of aliphatic hydroxyl groups is 1. The monoisotopic (exact) mass is 210 g/mol. The van der Waals surface area contributed by atoms with E-state index in [1.807, 2.05) is 0 Å². The maximum Gasteiger partial charge on any atom is 0.341 e. The minimum absolute atomic E-state index is 0.115. The topological polar surface area (TPSA) is 66.8 Å². The third kappa shape index (κ3) is 2.95. The summed E-state index contributed by atoms with van der Waals surface area (Å²) in [5, 5.41) is 18.6. The van der Waals surface area contributed by atoms with Crippen molar-refractivity contribution in [2.75, 3.05) is 7.11 Å². The fraction of sp³-hybridized carbons (Fsp3) is 0.364. The van der Waals surface area contributed by atoms with Gasteiger partial charge in [-0.05, 0) is 31.0 Å². The van der Waals surface area contributed by atoms with Crippen molar-refractivity contribution >= 4 is 5.97 Å². The number of carbonyl (C=O) groups excluding carboxylic acids is 1. The van der Waals surface area contributed by atoms with Crippen LogP contribution in [0, 0.1) is 0 Å². The van der Waals surface area contributed by atoms with Gasteiger partial charge in [0.05, 0.1) is 13.2 Å². The number of hydrogen-bond acceptors (Lipinski definition) is 4. The van der Waals surface area contributed by atoms with Crippen LogP contribution in [0.2, 0.25) is 0 Å². The third-order valence-electron chi connectivity index (χ3n) is 2.00. The molecule has 82 valence electrons. The first kappa shape index (κ1) is 11.5. The Morgan fingerprint density at radius 1 is 1.53 bits per heavy atom. The Morgan fingerprint density at radius 3 is 2.73 bits per heavy atom. The average molecular weight is 210 g/mol. The molecule has 0 aliphatic heterocycles. The van der Waals surface area contributed by atoms with Gasteiger partial charge in [0, 0.05) is 0 Å². The van der Waals surface area contributed by atoms with Crippen molar-refractivity contribution in [2.24, 2.45) is 0 Å². The van der Waals surface area contributed by atoms with E-state index in [-0.39, 0.29) is 11.3 Å². The minimum Gasteiger partial charge on any atom is -0.507 e. The van der Waals surface area contributed by atoms with Crippen molar-refractivity contribution < 1.29 is 19.7 Å². The van der Waals surface area contributed by atoms with E-state index in [9.17, 15) is 15.0 Å². The summed E-state index contributed by atoms with van der Waals surface area (Å²) in [6.07, 6.45) is -0.0513. The lowest BCUT2D eigenvalue weighted by Gasteiger charge is -2.07. The maximum atomic E-state index is 11.2. The van der Waals surface area contributed by atoms with Gasteiger partial charge >= 0.3 is 5.97 Å². The van der Waals surface area contributed by atoms with Gasteiger partial charge in [-0.25, -0.2) is 4.79 Å². The van der Waals surface area contributed by atoms with Crippen LogP contribution in [0.25, 0.3) is 0 Å². The Morgan fingerprint density at radius 2 is 2.20 bits per heavy atom. The molecule has 4 nitrogen and oxygen atoms in total. The minimum atomic E-state index is -0.583. The van der Waals surface area contributed by atoms with Crippen LogP contribution in [0.3, 0.4) is 0 Å². The number of carbonyl (C=O) groups is 1. The van der Waals surface area contributed by atoms with Crippen molar-refractivity contribution in [1.29, 1.82) is 0 Å². The van der Waals surface area contributed by atoms with Crippen LogP contribution in [0.4, 0.5) is 0 Å². The number of phenols is 1. The molecule has 1 atom stereocenters. The largest absolute Gasteiger partial charge is 0.507 e. The molecule has 0 aromatic heterocycles. The lowest BCUT2D eigenvalue weighted by atomic mass is 10.0. The summed E-state index contributed by atoms with van der Waals surface area (Å²) in [4.78, 5) is 11.2. The van der Waals surface area contributed by atoms with Crippen molar-refractivity contribution in [3.63, 3.8) is 0 Å². The van der Waals surface area contributed by atoms with Gasteiger partial charge in [-0.3, -0.25) is 0 Å². The summed E-state index contributed by atoms with van der Waals surface area (Å²) < 4.78 is 4.52. The highest BCUT2D eigenvalue weighted by Crippen LogP contribution is 2.20. The maximum absolute atomic E-state index is 11.2. The summed E-state index contributed by atoms with van der Waals surface area (Å²) in [7, 11) is 1.25. The molecule has 1 aromatic rings. The van der Waals surface area contributed by atoms with E-state index in [4.69, 9.17) is 0 Å². The molecular weight excluding hydrogens is 196 g/mol. The number of benzene rings is 1. The number of aromatic hydroxyl groups is 1. The Bertz CT molecular complexity index is 358. The Hall–Kier alpha value is -1.55. The van der Waals surface area contributed by atoms with Crippen LogP contribution in [0.5, 0.6) is 5.75 Å². The second-order valence-corrected chi connectivity index (χ2v) is 3.40. The average Bonchev–Trinajstić information content (AvgIpc) is 2.19. The summed E-state index contributed by atoms with van der Waals surface area (Å²) in [6, 6.07) is 4.60. The fourth-order valence-corrected chi connectivity index (χ4v) is 1.32. The first-order valence-electron chi connectivity index (χ1n) is 4.63. The van der Waals surface area contributed by atoms with Gasteiger partial charge in [0.1, 0.15) is 11.3 Å². The molecule has 0 bridgehead atoms. The number of rotatable bonds is 3. The fourth-order valence-electron chi connectivity index (χ4n) is 1.32. The molecule has 0 aliphatic carbocycles. The summed E-state index contributed by atoms with van der Waals surface area (Å²) in [5.41, 5.74) is 0.902. The SMILES string of the molecule is COC(=O)c1cc(C[C@H](C)O)ccc1O. The second kappa shape index (κ2) is 4.79. The Labute approximate surface area is 88.1 Å². The first-order chi connectivity index (χ1) is 7.04. The van der Waals surface area contributed by atoms with Crippen molar-refractivity contribution in [1.82, 2.24) is 0 Å². The van der Waals surface area contributed by atoms with Gasteiger partial charge in [0.2, 0.25) is 0 Å². The molecule has 1 aromatic carbocycles. The van der Waals surface area contributed by atoms with Gasteiger partial charge in [0.25, 0.3) is 0 Å². The molecule has 0 aliphatic rings. The molecule has 0 saturated heterocycles. The number of phenolic OH excluding ortho intramolecular Hbond substituents is 1. The predicted molar refractivity (Wildman–Crippen MR) is 54.8 cm³/mol.